The van der Waals surface area contributed by atoms with E-state index in [0.717, 1.165) is 31.5 Å². The number of nitriles is 1. The second-order valence-corrected chi connectivity index (χ2v) is 7.70. The first kappa shape index (κ1) is 19.0. The number of rotatable bonds is 4. The largest absolute Gasteiger partial charge is 0.336 e. The van der Waals surface area contributed by atoms with Crippen LogP contribution in [0.3, 0.4) is 0 Å². The Bertz CT molecular complexity index is 665. The standard InChI is InChI=1S/C21H27N3O/c1-5-12-24-13-10-17(11-14-24)20(25)23-19(15-22)16-6-8-18(9-7-16)21(2,3)4/h1,6-9,17,19H,10-14H2,2-4H3,(H,23,25)/t19-/m1/s1. The van der Waals surface area contributed by atoms with Crippen molar-refractivity contribution in [3.8, 4) is 18.4 Å². The second-order valence-electron chi connectivity index (χ2n) is 7.70. The number of carbonyl (C=O) groups excluding carboxylic acids is 1. The van der Waals surface area contributed by atoms with Crippen LogP contribution in [0.15, 0.2) is 24.3 Å². The highest BCUT2D eigenvalue weighted by Gasteiger charge is 2.26. The molecule has 25 heavy (non-hydrogen) atoms. The van der Waals surface area contributed by atoms with Crippen molar-refractivity contribution in [2.45, 2.75) is 45.1 Å². The lowest BCUT2D eigenvalue weighted by molar-refractivity contribution is -0.126. The van der Waals surface area contributed by atoms with Crippen LogP contribution in [0.5, 0.6) is 0 Å². The maximum atomic E-state index is 12.5. The molecular formula is C21H27N3O. The topological polar surface area (TPSA) is 56.1 Å². The van der Waals surface area contributed by atoms with Crippen molar-refractivity contribution < 1.29 is 4.79 Å². The predicted molar refractivity (Wildman–Crippen MR) is 99.6 cm³/mol. The fourth-order valence-electron chi connectivity index (χ4n) is 3.11. The van der Waals surface area contributed by atoms with Crippen molar-refractivity contribution in [1.82, 2.24) is 10.2 Å². The molecule has 1 amide bonds. The lowest BCUT2D eigenvalue weighted by Crippen LogP contribution is -2.41. The van der Waals surface area contributed by atoms with Gasteiger partial charge in [-0.05, 0) is 42.5 Å². The second kappa shape index (κ2) is 8.19. The van der Waals surface area contributed by atoms with E-state index in [2.05, 4.69) is 43.0 Å². The molecule has 1 N–H and O–H groups in total. The van der Waals surface area contributed by atoms with E-state index < -0.39 is 6.04 Å². The first-order valence-corrected chi connectivity index (χ1v) is 8.81. The molecule has 1 aromatic rings. The van der Waals surface area contributed by atoms with Crippen molar-refractivity contribution >= 4 is 5.91 Å². The van der Waals surface area contributed by atoms with Crippen molar-refractivity contribution in [2.75, 3.05) is 19.6 Å². The first-order chi connectivity index (χ1) is 11.8. The molecule has 1 heterocycles. The number of piperidine rings is 1. The van der Waals surface area contributed by atoms with Gasteiger partial charge in [-0.2, -0.15) is 5.26 Å². The number of hydrogen-bond acceptors (Lipinski definition) is 3. The normalized spacial score (nSPS) is 17.3. The molecule has 0 aromatic heterocycles. The van der Waals surface area contributed by atoms with Gasteiger partial charge in [0.1, 0.15) is 6.04 Å². The Hall–Kier alpha value is -2.30. The molecule has 1 atom stereocenters. The summed E-state index contributed by atoms with van der Waals surface area (Å²) in [5, 5.41) is 12.4. The lowest BCUT2D eigenvalue weighted by Gasteiger charge is -2.30. The number of terminal acetylenes is 1. The zero-order valence-corrected chi connectivity index (χ0v) is 15.4. The van der Waals surface area contributed by atoms with E-state index in [-0.39, 0.29) is 17.2 Å². The van der Waals surface area contributed by atoms with Gasteiger partial charge in [-0.3, -0.25) is 9.69 Å². The Kier molecular flexibility index (Phi) is 6.23. The van der Waals surface area contributed by atoms with Crippen LogP contribution in [0, 0.1) is 29.6 Å². The highest BCUT2D eigenvalue weighted by atomic mass is 16.1. The zero-order valence-electron chi connectivity index (χ0n) is 15.4. The Labute approximate surface area is 151 Å². The molecule has 0 spiro atoms. The highest BCUT2D eigenvalue weighted by molar-refractivity contribution is 5.79. The van der Waals surface area contributed by atoms with E-state index in [1.165, 1.54) is 5.56 Å². The van der Waals surface area contributed by atoms with Crippen molar-refractivity contribution in [3.05, 3.63) is 35.4 Å². The van der Waals surface area contributed by atoms with Crippen LogP contribution in [-0.2, 0) is 10.2 Å². The molecule has 0 aliphatic carbocycles. The number of nitrogens with one attached hydrogen (secondary N) is 1. The average molecular weight is 337 g/mol. The molecule has 0 unspecified atom stereocenters. The Morgan fingerprint density at radius 1 is 1.32 bits per heavy atom. The van der Waals surface area contributed by atoms with Gasteiger partial charge in [-0.15, -0.1) is 6.42 Å². The fourth-order valence-corrected chi connectivity index (χ4v) is 3.11. The zero-order chi connectivity index (χ0) is 18.4. The molecule has 1 aromatic carbocycles. The molecule has 132 valence electrons. The minimum atomic E-state index is -0.606. The van der Waals surface area contributed by atoms with Crippen LogP contribution in [-0.4, -0.2) is 30.4 Å². The summed E-state index contributed by atoms with van der Waals surface area (Å²) in [5.74, 6) is 2.56. The van der Waals surface area contributed by atoms with Gasteiger partial charge >= 0.3 is 0 Å². The minimum absolute atomic E-state index is 0.0354. The van der Waals surface area contributed by atoms with E-state index in [1.807, 2.05) is 24.3 Å². The van der Waals surface area contributed by atoms with Gasteiger partial charge in [0.25, 0.3) is 0 Å². The number of likely N-dealkylation sites (tertiary alicyclic amines) is 1. The Morgan fingerprint density at radius 2 is 1.92 bits per heavy atom. The van der Waals surface area contributed by atoms with Crippen LogP contribution in [0.2, 0.25) is 0 Å². The number of benzene rings is 1. The molecule has 0 saturated carbocycles. The maximum Gasteiger partial charge on any atom is 0.224 e. The summed E-state index contributed by atoms with van der Waals surface area (Å²) in [6.07, 6.45) is 6.91. The first-order valence-electron chi connectivity index (χ1n) is 8.81. The van der Waals surface area contributed by atoms with Crippen molar-refractivity contribution in [3.63, 3.8) is 0 Å². The molecule has 2 rings (SSSR count). The summed E-state index contributed by atoms with van der Waals surface area (Å²) in [4.78, 5) is 14.7. The SMILES string of the molecule is C#CCN1CCC(C(=O)N[C@H](C#N)c2ccc(C(C)(C)C)cc2)CC1. The minimum Gasteiger partial charge on any atom is -0.336 e. The van der Waals surface area contributed by atoms with Crippen LogP contribution in [0.25, 0.3) is 0 Å². The summed E-state index contributed by atoms with van der Waals surface area (Å²) in [7, 11) is 0. The summed E-state index contributed by atoms with van der Waals surface area (Å²) in [5.41, 5.74) is 2.10. The number of hydrogen-bond donors (Lipinski definition) is 1. The summed E-state index contributed by atoms with van der Waals surface area (Å²) >= 11 is 0. The molecule has 1 aliphatic rings. The molecule has 1 fully saturated rings. The summed E-state index contributed by atoms with van der Waals surface area (Å²) in [6.45, 7) is 8.75. The molecule has 4 heteroatoms. The van der Waals surface area contributed by atoms with Gasteiger partial charge in [0.05, 0.1) is 12.6 Å². The van der Waals surface area contributed by atoms with Gasteiger partial charge in [0, 0.05) is 5.92 Å². The van der Waals surface area contributed by atoms with E-state index in [0.29, 0.717) is 6.54 Å². The quantitative estimate of drug-likeness (QED) is 0.859. The summed E-state index contributed by atoms with van der Waals surface area (Å²) in [6, 6.07) is 9.53. The highest BCUT2D eigenvalue weighted by Crippen LogP contribution is 2.24. The van der Waals surface area contributed by atoms with Crippen LogP contribution in [0.1, 0.15) is 50.8 Å². The number of nitrogens with zero attached hydrogens (tertiary/aromatic N) is 2. The third kappa shape index (κ3) is 5.08. The predicted octanol–water partition coefficient (Wildman–Crippen LogP) is 3.01. The van der Waals surface area contributed by atoms with Crippen LogP contribution >= 0.6 is 0 Å². The number of amides is 1. The smallest absolute Gasteiger partial charge is 0.224 e. The van der Waals surface area contributed by atoms with Gasteiger partial charge in [-0.25, -0.2) is 0 Å². The van der Waals surface area contributed by atoms with Gasteiger partial charge in [-0.1, -0.05) is 51.0 Å². The number of carbonyl (C=O) groups is 1. The third-order valence-corrected chi connectivity index (χ3v) is 4.80. The molecular weight excluding hydrogens is 310 g/mol. The van der Waals surface area contributed by atoms with E-state index in [1.54, 1.807) is 0 Å². The van der Waals surface area contributed by atoms with Crippen LogP contribution in [0.4, 0.5) is 0 Å². The lowest BCUT2D eigenvalue weighted by atomic mass is 9.86. The molecule has 4 nitrogen and oxygen atoms in total. The van der Waals surface area contributed by atoms with Crippen LogP contribution < -0.4 is 5.32 Å². The fraction of sp³-hybridized carbons (Fsp3) is 0.524. The Morgan fingerprint density at radius 3 is 2.40 bits per heavy atom. The van der Waals surface area contributed by atoms with E-state index >= 15 is 0 Å². The van der Waals surface area contributed by atoms with Gasteiger partial charge in [0.15, 0.2) is 0 Å². The molecule has 0 bridgehead atoms. The van der Waals surface area contributed by atoms with Gasteiger partial charge in [0.2, 0.25) is 5.91 Å². The van der Waals surface area contributed by atoms with E-state index in [9.17, 15) is 10.1 Å². The monoisotopic (exact) mass is 337 g/mol. The Balaban J connectivity index is 1.97. The van der Waals surface area contributed by atoms with Crippen molar-refractivity contribution in [1.29, 1.82) is 5.26 Å². The van der Waals surface area contributed by atoms with E-state index in [4.69, 9.17) is 6.42 Å². The maximum absolute atomic E-state index is 12.5. The molecule has 0 radical (unpaired) electrons. The summed E-state index contributed by atoms with van der Waals surface area (Å²) < 4.78 is 0. The van der Waals surface area contributed by atoms with Gasteiger partial charge < -0.3 is 5.32 Å². The molecule has 1 saturated heterocycles. The molecule has 1 aliphatic heterocycles. The average Bonchev–Trinajstić information content (AvgIpc) is 2.60. The third-order valence-electron chi connectivity index (χ3n) is 4.80. The van der Waals surface area contributed by atoms with Crippen molar-refractivity contribution in [2.24, 2.45) is 5.92 Å².